The van der Waals surface area contributed by atoms with Crippen molar-refractivity contribution < 1.29 is 27.1 Å². The second kappa shape index (κ2) is 10.0. The fraction of sp³-hybridized carbons (Fsp3) is 0.913. The molecular weight excluding hydrogens is 412 g/mol. The zero-order valence-electron chi connectivity index (χ0n) is 19.2. The molecule has 0 saturated heterocycles. The molecule has 176 valence electrons. The van der Waals surface area contributed by atoms with Crippen LogP contribution < -0.4 is 0 Å². The molecule has 2 fully saturated rings. The Morgan fingerprint density at radius 1 is 1.20 bits per heavy atom. The lowest BCUT2D eigenvalue weighted by atomic mass is 9.60. The van der Waals surface area contributed by atoms with Crippen molar-refractivity contribution >= 4 is 8.32 Å². The van der Waals surface area contributed by atoms with Crippen LogP contribution in [0.5, 0.6) is 0 Å². The first kappa shape index (κ1) is 25.9. The van der Waals surface area contributed by atoms with Gasteiger partial charge in [-0.25, -0.2) is 17.6 Å². The van der Waals surface area contributed by atoms with Crippen LogP contribution in [0.4, 0.5) is 17.6 Å². The number of aliphatic hydroxyl groups excluding tert-OH is 1. The van der Waals surface area contributed by atoms with Gasteiger partial charge in [-0.2, -0.15) is 0 Å². The Hall–Kier alpha value is -0.403. The summed E-state index contributed by atoms with van der Waals surface area (Å²) >= 11 is 0. The average Bonchev–Trinajstić information content (AvgIpc) is 2.97. The lowest BCUT2D eigenvalue weighted by Crippen LogP contribution is -2.53. The van der Waals surface area contributed by atoms with E-state index >= 15 is 0 Å². The van der Waals surface area contributed by atoms with Crippen LogP contribution in [-0.2, 0) is 4.43 Å². The van der Waals surface area contributed by atoms with Gasteiger partial charge < -0.3 is 9.53 Å². The number of hydrogen-bond acceptors (Lipinski definition) is 2. The lowest BCUT2D eigenvalue weighted by Gasteiger charge is -2.44. The molecular formula is C23H40F4O2Si. The Labute approximate surface area is 180 Å². The molecule has 0 aromatic rings. The van der Waals surface area contributed by atoms with E-state index < -0.39 is 26.8 Å². The minimum absolute atomic E-state index is 0.0720. The molecule has 2 rings (SSSR count). The topological polar surface area (TPSA) is 29.5 Å². The number of alkyl halides is 4. The quantitative estimate of drug-likeness (QED) is 0.219. The SMILES string of the molecule is CC(CCCC(O[Si](C)(C)C)(C(F)F)C(F)F)[C@H]1CC[C@H]2/C(=C/CO)CCC[C@]12C. The van der Waals surface area contributed by atoms with Gasteiger partial charge in [-0.1, -0.05) is 31.9 Å². The smallest absolute Gasteiger partial charge is 0.271 e. The van der Waals surface area contributed by atoms with Gasteiger partial charge in [0.15, 0.2) is 13.9 Å². The number of halogens is 4. The Morgan fingerprint density at radius 2 is 1.83 bits per heavy atom. The second-order valence-electron chi connectivity index (χ2n) is 10.7. The number of hydrogen-bond donors (Lipinski definition) is 1. The van der Waals surface area contributed by atoms with Crippen LogP contribution in [0.25, 0.3) is 0 Å². The van der Waals surface area contributed by atoms with Crippen molar-refractivity contribution in [3.8, 4) is 0 Å². The van der Waals surface area contributed by atoms with E-state index in [9.17, 15) is 22.7 Å². The van der Waals surface area contributed by atoms with Crippen molar-refractivity contribution in [3.63, 3.8) is 0 Å². The highest BCUT2D eigenvalue weighted by molar-refractivity contribution is 6.69. The molecule has 0 radical (unpaired) electrons. The predicted octanol–water partition coefficient (Wildman–Crippen LogP) is 7.05. The van der Waals surface area contributed by atoms with Crippen molar-refractivity contribution in [1.29, 1.82) is 0 Å². The minimum atomic E-state index is -3.20. The molecule has 7 heteroatoms. The van der Waals surface area contributed by atoms with Crippen LogP contribution in [0.2, 0.25) is 19.6 Å². The third-order valence-electron chi connectivity index (χ3n) is 7.54. The van der Waals surface area contributed by atoms with E-state index in [1.807, 2.05) is 6.08 Å². The maximum atomic E-state index is 13.7. The standard InChI is InChI=1S/C23H40F4O2Si/c1-16(8-6-14-23(20(24)25,21(26)27)29-30(3,4)5)18-10-11-19-17(12-15-28)9-7-13-22(18,19)2/h12,16,18-21,28H,6-11,13-15H2,1-5H3/b17-12+/t16?,18-,19+,22-/m1/s1. The molecule has 1 N–H and O–H groups in total. The van der Waals surface area contributed by atoms with Crippen molar-refractivity contribution in [2.45, 2.75) is 103 Å². The number of allylic oxidation sites excluding steroid dienone is 1. The summed E-state index contributed by atoms with van der Waals surface area (Å²) in [5, 5.41) is 9.35. The van der Waals surface area contributed by atoms with E-state index in [1.54, 1.807) is 19.6 Å². The van der Waals surface area contributed by atoms with E-state index in [0.717, 1.165) is 32.1 Å². The lowest BCUT2D eigenvalue weighted by molar-refractivity contribution is -0.169. The zero-order chi connectivity index (χ0) is 22.7. The van der Waals surface area contributed by atoms with Gasteiger partial charge in [0.2, 0.25) is 0 Å². The van der Waals surface area contributed by atoms with Crippen molar-refractivity contribution in [1.82, 2.24) is 0 Å². The molecule has 0 spiro atoms. The van der Waals surface area contributed by atoms with Crippen LogP contribution in [0.3, 0.4) is 0 Å². The fourth-order valence-electron chi connectivity index (χ4n) is 6.30. The summed E-state index contributed by atoms with van der Waals surface area (Å²) in [6.07, 6.45) is 1.68. The highest BCUT2D eigenvalue weighted by Crippen LogP contribution is 2.59. The zero-order valence-corrected chi connectivity index (χ0v) is 20.2. The van der Waals surface area contributed by atoms with Crippen LogP contribution in [-0.4, -0.2) is 38.5 Å². The van der Waals surface area contributed by atoms with E-state index in [4.69, 9.17) is 4.43 Å². The van der Waals surface area contributed by atoms with Crippen LogP contribution in [0.1, 0.15) is 65.2 Å². The van der Waals surface area contributed by atoms with Crippen molar-refractivity contribution in [3.05, 3.63) is 11.6 Å². The molecule has 0 aliphatic heterocycles. The highest BCUT2D eigenvalue weighted by Gasteiger charge is 2.53. The largest absolute Gasteiger partial charge is 0.402 e. The van der Waals surface area contributed by atoms with Crippen LogP contribution in [0.15, 0.2) is 11.6 Å². The molecule has 30 heavy (non-hydrogen) atoms. The molecule has 0 aromatic heterocycles. The summed E-state index contributed by atoms with van der Waals surface area (Å²) in [6.45, 7) is 9.57. The second-order valence-corrected chi connectivity index (χ2v) is 15.1. The maximum Gasteiger partial charge on any atom is 0.271 e. The Kier molecular flexibility index (Phi) is 8.64. The average molecular weight is 453 g/mol. The third kappa shape index (κ3) is 5.50. The highest BCUT2D eigenvalue weighted by atomic mass is 28.4. The summed E-state index contributed by atoms with van der Waals surface area (Å²) in [6, 6.07) is 0. The van der Waals surface area contributed by atoms with Gasteiger partial charge in [-0.3, -0.25) is 0 Å². The Morgan fingerprint density at radius 3 is 2.37 bits per heavy atom. The van der Waals surface area contributed by atoms with Gasteiger partial charge in [0.1, 0.15) is 0 Å². The molecule has 0 aromatic carbocycles. The predicted molar refractivity (Wildman–Crippen MR) is 116 cm³/mol. The van der Waals surface area contributed by atoms with Crippen molar-refractivity contribution in [2.75, 3.05) is 6.61 Å². The van der Waals surface area contributed by atoms with Gasteiger partial charge in [-0.15, -0.1) is 0 Å². The van der Waals surface area contributed by atoms with E-state index in [1.165, 1.54) is 5.57 Å². The van der Waals surface area contributed by atoms with Gasteiger partial charge in [0.05, 0.1) is 6.61 Å². The molecule has 2 aliphatic rings. The van der Waals surface area contributed by atoms with Gasteiger partial charge in [0, 0.05) is 0 Å². The van der Waals surface area contributed by atoms with E-state index in [0.29, 0.717) is 24.7 Å². The molecule has 0 bridgehead atoms. The van der Waals surface area contributed by atoms with Crippen LogP contribution in [0, 0.1) is 23.2 Å². The molecule has 4 atom stereocenters. The molecule has 0 amide bonds. The molecule has 2 aliphatic carbocycles. The first-order valence-electron chi connectivity index (χ1n) is 11.4. The van der Waals surface area contributed by atoms with Gasteiger partial charge in [0.25, 0.3) is 12.9 Å². The summed E-state index contributed by atoms with van der Waals surface area (Å²) < 4.78 is 60.4. The van der Waals surface area contributed by atoms with E-state index in [-0.39, 0.29) is 24.4 Å². The summed E-state index contributed by atoms with van der Waals surface area (Å²) in [4.78, 5) is 0. The van der Waals surface area contributed by atoms with Gasteiger partial charge in [-0.05, 0) is 87.8 Å². The fourth-order valence-corrected chi connectivity index (χ4v) is 7.72. The maximum absolute atomic E-state index is 13.7. The monoisotopic (exact) mass is 452 g/mol. The van der Waals surface area contributed by atoms with Crippen LogP contribution >= 0.6 is 0 Å². The molecule has 1 unspecified atom stereocenters. The number of aliphatic hydroxyl groups is 1. The molecule has 0 heterocycles. The number of rotatable bonds is 10. The Bertz CT molecular complexity index is 582. The summed E-state index contributed by atoms with van der Waals surface area (Å²) in [5.41, 5.74) is -1.14. The number of fused-ring (bicyclic) bond motifs is 1. The van der Waals surface area contributed by atoms with E-state index in [2.05, 4.69) is 13.8 Å². The normalized spacial score (nSPS) is 30.3. The summed E-state index contributed by atoms with van der Waals surface area (Å²) in [5.74, 6) is 1.21. The Balaban J connectivity index is 2.05. The van der Waals surface area contributed by atoms with Gasteiger partial charge >= 0.3 is 0 Å². The molecule has 2 nitrogen and oxygen atoms in total. The molecule has 2 saturated carbocycles. The first-order valence-corrected chi connectivity index (χ1v) is 14.8. The van der Waals surface area contributed by atoms with Crippen molar-refractivity contribution in [2.24, 2.45) is 23.2 Å². The summed E-state index contributed by atoms with van der Waals surface area (Å²) in [7, 11) is -2.56. The minimum Gasteiger partial charge on any atom is -0.402 e. The third-order valence-corrected chi connectivity index (χ3v) is 8.53. The first-order chi connectivity index (χ1) is 13.9.